The summed E-state index contributed by atoms with van der Waals surface area (Å²) in [5.74, 6) is -3.41. The van der Waals surface area contributed by atoms with Crippen LogP contribution < -0.4 is 5.32 Å². The summed E-state index contributed by atoms with van der Waals surface area (Å²) in [7, 11) is 0. The Kier molecular flexibility index (Phi) is 4.39. The maximum Gasteiger partial charge on any atom is 0.409 e. The average molecular weight is 326 g/mol. The molecule has 0 saturated heterocycles. The molecule has 0 unspecified atom stereocenters. The molecule has 22 heavy (non-hydrogen) atoms. The van der Waals surface area contributed by atoms with Crippen molar-refractivity contribution in [3.63, 3.8) is 0 Å². The molecule has 0 aromatic carbocycles. The van der Waals surface area contributed by atoms with Crippen LogP contribution in [-0.2, 0) is 6.54 Å². The molecule has 0 bridgehead atoms. The van der Waals surface area contributed by atoms with Crippen LogP contribution in [0.2, 0.25) is 0 Å². The van der Waals surface area contributed by atoms with Crippen molar-refractivity contribution < 1.29 is 26.7 Å². The summed E-state index contributed by atoms with van der Waals surface area (Å²) in [6.45, 7) is -0.0272. The van der Waals surface area contributed by atoms with Gasteiger partial charge in [-0.25, -0.2) is 8.78 Å². The predicted molar refractivity (Wildman–Crippen MR) is 65.5 cm³/mol. The number of hydrogen-bond donors (Lipinski definition) is 1. The van der Waals surface area contributed by atoms with E-state index in [0.29, 0.717) is 4.80 Å². The van der Waals surface area contributed by atoms with E-state index >= 15 is 0 Å². The maximum atomic E-state index is 13.0. The zero-order valence-corrected chi connectivity index (χ0v) is 11.8. The molecule has 0 atom stereocenters. The number of rotatable bonds is 3. The molecule has 0 spiro atoms. The monoisotopic (exact) mass is 326 g/mol. The Morgan fingerprint density at radius 3 is 2.45 bits per heavy atom. The number of amides is 1. The molecule has 1 aromatic heterocycles. The molecular weight excluding hydrogens is 311 g/mol. The van der Waals surface area contributed by atoms with Gasteiger partial charge in [0.25, 0.3) is 5.91 Å². The highest BCUT2D eigenvalue weighted by molar-refractivity contribution is 5.93. The first kappa shape index (κ1) is 16.6. The van der Waals surface area contributed by atoms with Gasteiger partial charge in [-0.15, -0.1) is 5.10 Å². The number of halogens is 5. The Balaban J connectivity index is 1.98. The van der Waals surface area contributed by atoms with Crippen molar-refractivity contribution in [3.05, 3.63) is 11.4 Å². The minimum absolute atomic E-state index is 0.0582. The van der Waals surface area contributed by atoms with Gasteiger partial charge in [-0.2, -0.15) is 23.1 Å². The molecule has 1 aliphatic carbocycles. The lowest BCUT2D eigenvalue weighted by atomic mass is 9.92. The minimum Gasteiger partial charge on any atom is -0.348 e. The van der Waals surface area contributed by atoms with Crippen molar-refractivity contribution in [3.8, 4) is 0 Å². The largest absolute Gasteiger partial charge is 0.409 e. The molecule has 0 aliphatic heterocycles. The number of hydrogen-bond acceptors (Lipinski definition) is 3. The lowest BCUT2D eigenvalue weighted by Gasteiger charge is -2.28. The fourth-order valence-corrected chi connectivity index (χ4v) is 2.31. The quantitative estimate of drug-likeness (QED) is 0.868. The third kappa shape index (κ3) is 4.38. The van der Waals surface area contributed by atoms with E-state index in [1.165, 1.54) is 6.92 Å². The van der Waals surface area contributed by atoms with Crippen molar-refractivity contribution >= 4 is 5.91 Å². The van der Waals surface area contributed by atoms with E-state index in [1.807, 2.05) is 0 Å². The van der Waals surface area contributed by atoms with Crippen molar-refractivity contribution in [2.24, 2.45) is 0 Å². The van der Waals surface area contributed by atoms with Gasteiger partial charge in [-0.1, -0.05) is 0 Å². The Labute approximate surface area is 122 Å². The number of nitrogens with one attached hydrogen (secondary N) is 1. The Morgan fingerprint density at radius 1 is 1.32 bits per heavy atom. The zero-order chi connectivity index (χ0) is 16.5. The van der Waals surface area contributed by atoms with E-state index in [4.69, 9.17) is 0 Å². The van der Waals surface area contributed by atoms with E-state index in [2.05, 4.69) is 15.5 Å². The molecule has 5 nitrogen and oxygen atoms in total. The van der Waals surface area contributed by atoms with Crippen LogP contribution in [0.5, 0.6) is 0 Å². The third-order valence-corrected chi connectivity index (χ3v) is 3.41. The highest BCUT2D eigenvalue weighted by Gasteiger charge is 2.36. The van der Waals surface area contributed by atoms with Crippen molar-refractivity contribution in [1.29, 1.82) is 0 Å². The number of aryl methyl sites for hydroxylation is 1. The first-order valence-corrected chi connectivity index (χ1v) is 6.73. The predicted octanol–water partition coefficient (Wildman–Crippen LogP) is 2.46. The highest BCUT2D eigenvalue weighted by Crippen LogP contribution is 2.33. The van der Waals surface area contributed by atoms with Crippen LogP contribution >= 0.6 is 0 Å². The molecule has 1 aliphatic rings. The van der Waals surface area contributed by atoms with Gasteiger partial charge in [-0.05, 0) is 19.8 Å². The summed E-state index contributed by atoms with van der Waals surface area (Å²) in [5.41, 5.74) is -0.163. The summed E-state index contributed by atoms with van der Waals surface area (Å²) in [5, 5.41) is 9.57. The van der Waals surface area contributed by atoms with Crippen LogP contribution in [-0.4, -0.2) is 39.0 Å². The second-order valence-corrected chi connectivity index (χ2v) is 5.38. The highest BCUT2D eigenvalue weighted by atomic mass is 19.4. The van der Waals surface area contributed by atoms with Crippen molar-refractivity contribution in [2.75, 3.05) is 0 Å². The molecule has 124 valence electrons. The lowest BCUT2D eigenvalue weighted by Crippen LogP contribution is -2.40. The topological polar surface area (TPSA) is 59.8 Å². The van der Waals surface area contributed by atoms with Gasteiger partial charge in [-0.3, -0.25) is 4.79 Å². The van der Waals surface area contributed by atoms with Crippen molar-refractivity contribution in [2.45, 2.75) is 57.3 Å². The first-order chi connectivity index (χ1) is 10.1. The zero-order valence-electron chi connectivity index (χ0n) is 11.8. The van der Waals surface area contributed by atoms with Gasteiger partial charge in [0.2, 0.25) is 5.92 Å². The number of carbonyl (C=O) groups is 1. The van der Waals surface area contributed by atoms with Gasteiger partial charge < -0.3 is 5.32 Å². The molecule has 2 rings (SSSR count). The first-order valence-electron chi connectivity index (χ1n) is 6.73. The SMILES string of the molecule is Cc1nn(CC(F)(F)F)nc1C(=O)NC1CCC(F)(F)CC1. The summed E-state index contributed by atoms with van der Waals surface area (Å²) in [6.07, 6.45) is -4.90. The molecule has 1 amide bonds. The van der Waals surface area contributed by atoms with Gasteiger partial charge >= 0.3 is 6.18 Å². The van der Waals surface area contributed by atoms with Crippen LogP contribution in [0, 0.1) is 6.92 Å². The van der Waals surface area contributed by atoms with Gasteiger partial charge in [0.15, 0.2) is 12.2 Å². The molecule has 1 heterocycles. The van der Waals surface area contributed by atoms with E-state index < -0.39 is 30.6 Å². The summed E-state index contributed by atoms with van der Waals surface area (Å²) < 4.78 is 62.8. The van der Waals surface area contributed by atoms with Crippen LogP contribution in [0.3, 0.4) is 0 Å². The van der Waals surface area contributed by atoms with E-state index in [-0.39, 0.29) is 37.1 Å². The number of nitrogens with zero attached hydrogens (tertiary/aromatic N) is 3. The number of alkyl halides is 5. The molecular formula is C12H15F5N4O. The van der Waals surface area contributed by atoms with E-state index in [9.17, 15) is 26.7 Å². The fourth-order valence-electron chi connectivity index (χ4n) is 2.31. The minimum atomic E-state index is -4.49. The smallest absolute Gasteiger partial charge is 0.348 e. The maximum absolute atomic E-state index is 13.0. The fraction of sp³-hybridized carbons (Fsp3) is 0.750. The number of carbonyl (C=O) groups excluding carboxylic acids is 1. The van der Waals surface area contributed by atoms with Crippen LogP contribution in [0.15, 0.2) is 0 Å². The molecule has 1 saturated carbocycles. The van der Waals surface area contributed by atoms with Gasteiger partial charge in [0.05, 0.1) is 5.69 Å². The molecule has 1 N–H and O–H groups in total. The summed E-state index contributed by atoms with van der Waals surface area (Å²) in [6, 6.07) is -0.431. The number of aromatic nitrogens is 3. The Bertz CT molecular complexity index is 544. The van der Waals surface area contributed by atoms with E-state index in [1.54, 1.807) is 0 Å². The van der Waals surface area contributed by atoms with Crippen LogP contribution in [0.4, 0.5) is 22.0 Å². The molecule has 1 aromatic rings. The van der Waals surface area contributed by atoms with Crippen molar-refractivity contribution in [1.82, 2.24) is 20.3 Å². The van der Waals surface area contributed by atoms with Gasteiger partial charge in [0.1, 0.15) is 0 Å². The van der Waals surface area contributed by atoms with Crippen LogP contribution in [0.25, 0.3) is 0 Å². The lowest BCUT2D eigenvalue weighted by molar-refractivity contribution is -0.144. The third-order valence-electron chi connectivity index (χ3n) is 3.41. The van der Waals surface area contributed by atoms with E-state index in [0.717, 1.165) is 0 Å². The Morgan fingerprint density at radius 2 is 1.91 bits per heavy atom. The second-order valence-electron chi connectivity index (χ2n) is 5.38. The normalized spacial score (nSPS) is 19.2. The van der Waals surface area contributed by atoms with Gasteiger partial charge in [0, 0.05) is 18.9 Å². The van der Waals surface area contributed by atoms with Crippen LogP contribution in [0.1, 0.15) is 41.9 Å². The second kappa shape index (κ2) is 5.81. The average Bonchev–Trinajstić information content (AvgIpc) is 2.70. The summed E-state index contributed by atoms with van der Waals surface area (Å²) >= 11 is 0. The molecule has 10 heteroatoms. The summed E-state index contributed by atoms with van der Waals surface area (Å²) in [4.78, 5) is 12.4. The standard InChI is InChI=1S/C12H15F5N4O/c1-7-9(20-21(19-7)6-12(15,16)17)10(22)18-8-2-4-11(13,14)5-3-8/h8H,2-6H2,1H3,(H,18,22). The Hall–Kier alpha value is -1.74. The molecule has 0 radical (unpaired) electrons. The molecule has 1 fully saturated rings.